The Hall–Kier alpha value is -1.63. The minimum Gasteiger partial charge on any atom is -0.356 e. The van der Waals surface area contributed by atoms with Crippen molar-refractivity contribution in [1.82, 2.24) is 30.3 Å². The number of aromatic nitrogens is 3. The summed E-state index contributed by atoms with van der Waals surface area (Å²) >= 11 is 0. The molecule has 0 spiro atoms. The first kappa shape index (κ1) is 19.7. The smallest absolute Gasteiger partial charge is 0.191 e. The normalized spacial score (nSPS) is 24.3. The average Bonchev–Trinajstić information content (AvgIpc) is 3.43. The second kappa shape index (κ2) is 9.72. The van der Waals surface area contributed by atoms with Crippen LogP contribution in [0, 0.1) is 0 Å². The predicted molar refractivity (Wildman–Crippen MR) is 113 cm³/mol. The van der Waals surface area contributed by atoms with E-state index in [1.54, 1.807) is 0 Å². The van der Waals surface area contributed by atoms with Gasteiger partial charge in [0.25, 0.3) is 0 Å². The number of likely N-dealkylation sites (tertiary alicyclic amines) is 1. The van der Waals surface area contributed by atoms with Crippen LogP contribution >= 0.6 is 0 Å². The van der Waals surface area contributed by atoms with Gasteiger partial charge in [0.1, 0.15) is 11.6 Å². The Bertz CT molecular complexity index is 647. The van der Waals surface area contributed by atoms with Crippen LogP contribution in [0.15, 0.2) is 4.99 Å². The van der Waals surface area contributed by atoms with Gasteiger partial charge in [0.15, 0.2) is 5.96 Å². The number of hydrogen-bond donors (Lipinski definition) is 2. The molecule has 1 saturated heterocycles. The molecule has 1 unspecified atom stereocenters. The Morgan fingerprint density at radius 2 is 1.96 bits per heavy atom. The number of guanidine groups is 1. The van der Waals surface area contributed by atoms with E-state index >= 15 is 0 Å². The molecule has 1 aliphatic carbocycles. The quantitative estimate of drug-likeness (QED) is 0.444. The lowest BCUT2D eigenvalue weighted by molar-refractivity contribution is 0.242. The highest BCUT2D eigenvalue weighted by Gasteiger charge is 2.30. The Kier molecular flexibility index (Phi) is 6.83. The fourth-order valence-corrected chi connectivity index (χ4v) is 5.08. The van der Waals surface area contributed by atoms with Crippen molar-refractivity contribution in [3.63, 3.8) is 0 Å². The highest BCUT2D eigenvalue weighted by Crippen LogP contribution is 2.26. The van der Waals surface area contributed by atoms with E-state index in [9.17, 15) is 0 Å². The molecule has 1 atom stereocenters. The SMILES string of the molecule is CN=C(NCCCc1nnc2n1CCCCC2)NC1CCN(C2CCCC2)C1. The van der Waals surface area contributed by atoms with Gasteiger partial charge in [-0.1, -0.05) is 19.3 Å². The zero-order chi connectivity index (χ0) is 19.2. The third-order valence-corrected chi connectivity index (χ3v) is 6.68. The van der Waals surface area contributed by atoms with Crippen LogP contribution < -0.4 is 10.6 Å². The summed E-state index contributed by atoms with van der Waals surface area (Å²) in [6.45, 7) is 4.41. The van der Waals surface area contributed by atoms with Gasteiger partial charge in [-0.15, -0.1) is 10.2 Å². The molecule has 28 heavy (non-hydrogen) atoms. The van der Waals surface area contributed by atoms with Crippen molar-refractivity contribution in [1.29, 1.82) is 0 Å². The van der Waals surface area contributed by atoms with Crippen molar-refractivity contribution in [2.24, 2.45) is 4.99 Å². The molecule has 0 amide bonds. The van der Waals surface area contributed by atoms with E-state index in [0.717, 1.165) is 56.7 Å². The molecule has 0 bridgehead atoms. The van der Waals surface area contributed by atoms with Crippen LogP contribution in [-0.4, -0.2) is 64.4 Å². The number of aryl methyl sites for hydroxylation is 2. The van der Waals surface area contributed by atoms with Crippen molar-refractivity contribution < 1.29 is 0 Å². The fraction of sp³-hybridized carbons (Fsp3) is 0.857. The van der Waals surface area contributed by atoms with Crippen LogP contribution in [0.4, 0.5) is 0 Å². The summed E-state index contributed by atoms with van der Waals surface area (Å²) in [6, 6.07) is 1.36. The van der Waals surface area contributed by atoms with E-state index in [2.05, 4.69) is 35.3 Å². The number of nitrogens with one attached hydrogen (secondary N) is 2. The summed E-state index contributed by atoms with van der Waals surface area (Å²) in [4.78, 5) is 7.12. The number of hydrogen-bond acceptors (Lipinski definition) is 4. The molecule has 156 valence electrons. The summed E-state index contributed by atoms with van der Waals surface area (Å²) in [7, 11) is 1.87. The molecule has 1 aromatic rings. The van der Waals surface area contributed by atoms with Crippen LogP contribution in [0.5, 0.6) is 0 Å². The first-order valence-corrected chi connectivity index (χ1v) is 11.5. The summed E-state index contributed by atoms with van der Waals surface area (Å²) in [5.74, 6) is 3.29. The molecular formula is C21H37N7. The maximum absolute atomic E-state index is 4.44. The fourth-order valence-electron chi connectivity index (χ4n) is 5.08. The molecule has 1 aromatic heterocycles. The number of fused-ring (bicyclic) bond motifs is 1. The molecule has 0 aromatic carbocycles. The number of nitrogens with zero attached hydrogens (tertiary/aromatic N) is 5. The molecule has 2 N–H and O–H groups in total. The van der Waals surface area contributed by atoms with Gasteiger partial charge in [-0.3, -0.25) is 9.89 Å². The molecule has 7 nitrogen and oxygen atoms in total. The lowest BCUT2D eigenvalue weighted by Crippen LogP contribution is -2.45. The molecule has 3 aliphatic rings. The summed E-state index contributed by atoms with van der Waals surface area (Å²) in [5, 5.41) is 16.0. The second-order valence-electron chi connectivity index (χ2n) is 8.66. The third kappa shape index (κ3) is 4.85. The molecule has 2 aliphatic heterocycles. The van der Waals surface area contributed by atoms with Gasteiger partial charge in [0, 0.05) is 58.2 Å². The van der Waals surface area contributed by atoms with E-state index in [1.165, 1.54) is 63.7 Å². The maximum atomic E-state index is 4.44. The maximum Gasteiger partial charge on any atom is 0.191 e. The first-order valence-electron chi connectivity index (χ1n) is 11.5. The van der Waals surface area contributed by atoms with Gasteiger partial charge in [-0.2, -0.15) is 0 Å². The number of rotatable bonds is 6. The van der Waals surface area contributed by atoms with Crippen molar-refractivity contribution in [3.8, 4) is 0 Å². The van der Waals surface area contributed by atoms with Gasteiger partial charge < -0.3 is 15.2 Å². The van der Waals surface area contributed by atoms with E-state index < -0.39 is 0 Å². The molecular weight excluding hydrogens is 350 g/mol. The minimum atomic E-state index is 0.527. The van der Waals surface area contributed by atoms with E-state index in [1.807, 2.05) is 7.05 Å². The monoisotopic (exact) mass is 387 g/mol. The van der Waals surface area contributed by atoms with Crippen LogP contribution in [0.25, 0.3) is 0 Å². The highest BCUT2D eigenvalue weighted by atomic mass is 15.3. The summed E-state index contributed by atoms with van der Waals surface area (Å²) < 4.78 is 2.36. The summed E-state index contributed by atoms with van der Waals surface area (Å²) in [5.41, 5.74) is 0. The minimum absolute atomic E-state index is 0.527. The Labute approximate surface area is 169 Å². The van der Waals surface area contributed by atoms with Gasteiger partial charge in [-0.05, 0) is 38.5 Å². The first-order chi connectivity index (χ1) is 13.8. The molecule has 0 radical (unpaired) electrons. The third-order valence-electron chi connectivity index (χ3n) is 6.68. The van der Waals surface area contributed by atoms with Crippen LogP contribution in [0.2, 0.25) is 0 Å². The van der Waals surface area contributed by atoms with Crippen LogP contribution in [0.1, 0.15) is 69.4 Å². The lowest BCUT2D eigenvalue weighted by atomic mass is 10.2. The van der Waals surface area contributed by atoms with Gasteiger partial charge in [-0.25, -0.2) is 0 Å². The zero-order valence-electron chi connectivity index (χ0n) is 17.5. The van der Waals surface area contributed by atoms with Crippen molar-refractivity contribution in [3.05, 3.63) is 11.6 Å². The Balaban J connectivity index is 1.18. The summed E-state index contributed by atoms with van der Waals surface area (Å²) in [6.07, 6.45) is 13.8. The molecule has 2 fully saturated rings. The lowest BCUT2D eigenvalue weighted by Gasteiger charge is -2.24. The molecule has 3 heterocycles. The standard InChI is InChI=1S/C21H37N7/c1-22-21(24-17-12-15-27(16-17)18-8-4-5-9-18)23-13-7-11-20-26-25-19-10-3-2-6-14-28(19)20/h17-18H,2-16H2,1H3,(H2,22,23,24). The predicted octanol–water partition coefficient (Wildman–Crippen LogP) is 2.12. The second-order valence-corrected chi connectivity index (χ2v) is 8.66. The Morgan fingerprint density at radius 1 is 1.07 bits per heavy atom. The largest absolute Gasteiger partial charge is 0.356 e. The van der Waals surface area contributed by atoms with Crippen LogP contribution in [0.3, 0.4) is 0 Å². The van der Waals surface area contributed by atoms with E-state index in [4.69, 9.17) is 0 Å². The van der Waals surface area contributed by atoms with E-state index in [0.29, 0.717) is 6.04 Å². The number of aliphatic imine (C=N–C) groups is 1. The van der Waals surface area contributed by atoms with Gasteiger partial charge in [0.05, 0.1) is 0 Å². The van der Waals surface area contributed by atoms with Gasteiger partial charge in [0.2, 0.25) is 0 Å². The van der Waals surface area contributed by atoms with E-state index in [-0.39, 0.29) is 0 Å². The average molecular weight is 388 g/mol. The van der Waals surface area contributed by atoms with Crippen molar-refractivity contribution in [2.75, 3.05) is 26.7 Å². The zero-order valence-corrected chi connectivity index (χ0v) is 17.5. The van der Waals surface area contributed by atoms with Gasteiger partial charge >= 0.3 is 0 Å². The molecule has 7 heteroatoms. The topological polar surface area (TPSA) is 70.4 Å². The van der Waals surface area contributed by atoms with Crippen molar-refractivity contribution >= 4 is 5.96 Å². The Morgan fingerprint density at radius 3 is 2.82 bits per heavy atom. The van der Waals surface area contributed by atoms with Crippen LogP contribution in [-0.2, 0) is 19.4 Å². The molecule has 4 rings (SSSR count). The highest BCUT2D eigenvalue weighted by molar-refractivity contribution is 5.79. The van der Waals surface area contributed by atoms with Crippen molar-refractivity contribution in [2.45, 2.75) is 89.3 Å². The molecule has 1 saturated carbocycles.